The molecular formula is C10H12ClNO3S2. The highest BCUT2D eigenvalue weighted by atomic mass is 35.5. The van der Waals surface area contributed by atoms with E-state index in [0.717, 1.165) is 4.88 Å². The molecular weight excluding hydrogens is 282 g/mol. The predicted molar refractivity (Wildman–Crippen MR) is 69.3 cm³/mol. The van der Waals surface area contributed by atoms with Gasteiger partial charge in [0.2, 0.25) is 5.91 Å². The zero-order valence-electron chi connectivity index (χ0n) is 8.88. The minimum absolute atomic E-state index is 0.0166. The van der Waals surface area contributed by atoms with Gasteiger partial charge in [-0.15, -0.1) is 23.1 Å². The number of rotatable bonds is 4. The van der Waals surface area contributed by atoms with E-state index in [2.05, 4.69) is 0 Å². The lowest BCUT2D eigenvalue weighted by Gasteiger charge is -2.24. The molecule has 2 N–H and O–H groups in total. The summed E-state index contributed by atoms with van der Waals surface area (Å²) in [5, 5.41) is 18.2. The van der Waals surface area contributed by atoms with Crippen molar-refractivity contribution in [3.8, 4) is 0 Å². The SMILES string of the molecule is O=C1CSC(c2ccc(Cl)s2)N1CC(O)CO. The van der Waals surface area contributed by atoms with Gasteiger partial charge in [0.15, 0.2) is 0 Å². The number of halogens is 1. The summed E-state index contributed by atoms with van der Waals surface area (Å²) in [7, 11) is 0. The molecule has 1 aliphatic rings. The van der Waals surface area contributed by atoms with Crippen molar-refractivity contribution in [2.75, 3.05) is 18.9 Å². The van der Waals surface area contributed by atoms with Gasteiger partial charge >= 0.3 is 0 Å². The maximum atomic E-state index is 11.7. The van der Waals surface area contributed by atoms with Crippen LogP contribution >= 0.6 is 34.7 Å². The number of carbonyl (C=O) groups excluding carboxylic acids is 1. The van der Waals surface area contributed by atoms with E-state index in [4.69, 9.17) is 16.7 Å². The highest BCUT2D eigenvalue weighted by Gasteiger charge is 2.34. The van der Waals surface area contributed by atoms with Gasteiger partial charge in [-0.2, -0.15) is 0 Å². The topological polar surface area (TPSA) is 60.8 Å². The van der Waals surface area contributed by atoms with Gasteiger partial charge in [-0.05, 0) is 12.1 Å². The van der Waals surface area contributed by atoms with Gasteiger partial charge in [-0.25, -0.2) is 0 Å². The quantitative estimate of drug-likeness (QED) is 0.879. The van der Waals surface area contributed by atoms with Gasteiger partial charge < -0.3 is 15.1 Å². The first-order valence-corrected chi connectivity index (χ1v) is 7.31. The Balaban J connectivity index is 2.13. The summed E-state index contributed by atoms with van der Waals surface area (Å²) >= 11 is 8.82. The second-order valence-electron chi connectivity index (χ2n) is 3.69. The summed E-state index contributed by atoms with van der Waals surface area (Å²) in [5.74, 6) is 0.384. The third-order valence-corrected chi connectivity index (χ3v) is 5.09. The first-order valence-electron chi connectivity index (χ1n) is 5.07. The zero-order valence-corrected chi connectivity index (χ0v) is 11.3. The molecule has 2 rings (SSSR count). The molecule has 0 spiro atoms. The van der Waals surface area contributed by atoms with Gasteiger partial charge in [0, 0.05) is 4.88 Å². The van der Waals surface area contributed by atoms with Crippen LogP contribution in [0.2, 0.25) is 4.34 Å². The fraction of sp³-hybridized carbons (Fsp3) is 0.500. The van der Waals surface area contributed by atoms with E-state index in [1.54, 1.807) is 11.0 Å². The number of carbonyl (C=O) groups is 1. The van der Waals surface area contributed by atoms with Crippen molar-refractivity contribution in [3.63, 3.8) is 0 Å². The number of aliphatic hydroxyl groups excluding tert-OH is 2. The zero-order chi connectivity index (χ0) is 12.4. The fourth-order valence-corrected chi connectivity index (χ4v) is 4.13. The van der Waals surface area contributed by atoms with Gasteiger partial charge in [0.25, 0.3) is 0 Å². The third kappa shape index (κ3) is 2.95. The smallest absolute Gasteiger partial charge is 0.233 e. The number of thiophene rings is 1. The van der Waals surface area contributed by atoms with Crippen molar-refractivity contribution < 1.29 is 15.0 Å². The summed E-state index contributed by atoms with van der Waals surface area (Å²) in [5.41, 5.74) is 0. The molecule has 7 heteroatoms. The van der Waals surface area contributed by atoms with Crippen molar-refractivity contribution in [1.82, 2.24) is 4.90 Å². The van der Waals surface area contributed by atoms with Gasteiger partial charge in [0.05, 0.1) is 29.3 Å². The second-order valence-corrected chi connectivity index (χ2v) is 6.50. The Labute approximate surface area is 112 Å². The number of nitrogens with zero attached hydrogens (tertiary/aromatic N) is 1. The summed E-state index contributed by atoms with van der Waals surface area (Å²) in [6, 6.07) is 3.69. The monoisotopic (exact) mass is 293 g/mol. The minimum Gasteiger partial charge on any atom is -0.394 e. The van der Waals surface area contributed by atoms with Crippen LogP contribution in [0.25, 0.3) is 0 Å². The van der Waals surface area contributed by atoms with E-state index >= 15 is 0 Å². The van der Waals surface area contributed by atoms with Crippen LogP contribution < -0.4 is 0 Å². The molecule has 0 radical (unpaired) electrons. The molecule has 0 aromatic carbocycles. The Hall–Kier alpha value is -0.270. The van der Waals surface area contributed by atoms with Crippen LogP contribution in [0.4, 0.5) is 0 Å². The van der Waals surface area contributed by atoms with E-state index in [-0.39, 0.29) is 24.4 Å². The van der Waals surface area contributed by atoms with Crippen LogP contribution in [0.1, 0.15) is 10.3 Å². The molecule has 1 saturated heterocycles. The van der Waals surface area contributed by atoms with Crippen molar-refractivity contribution in [3.05, 3.63) is 21.3 Å². The largest absolute Gasteiger partial charge is 0.394 e. The summed E-state index contributed by atoms with van der Waals surface area (Å²) < 4.78 is 0.683. The maximum Gasteiger partial charge on any atom is 0.233 e. The lowest BCUT2D eigenvalue weighted by atomic mass is 10.3. The molecule has 1 amide bonds. The first-order chi connectivity index (χ1) is 8.11. The van der Waals surface area contributed by atoms with Gasteiger partial charge in [-0.1, -0.05) is 11.6 Å². The molecule has 1 aromatic rings. The standard InChI is InChI=1S/C10H12ClNO3S2/c11-8-2-1-7(17-8)10-12(3-6(14)4-13)9(15)5-16-10/h1-2,6,10,13-14H,3-5H2. The van der Waals surface area contributed by atoms with Crippen molar-refractivity contribution in [2.45, 2.75) is 11.5 Å². The highest BCUT2D eigenvalue weighted by molar-refractivity contribution is 8.00. The van der Waals surface area contributed by atoms with Crippen molar-refractivity contribution in [1.29, 1.82) is 0 Å². The van der Waals surface area contributed by atoms with Crippen molar-refractivity contribution >= 4 is 40.6 Å². The number of hydrogen-bond acceptors (Lipinski definition) is 5. The molecule has 1 fully saturated rings. The molecule has 94 valence electrons. The molecule has 0 saturated carbocycles. The number of β-amino-alcohol motifs (C(OH)–C–C–N with tert-alkyl or cyclic N) is 1. The third-order valence-electron chi connectivity index (χ3n) is 2.42. The van der Waals surface area contributed by atoms with E-state index < -0.39 is 6.10 Å². The molecule has 1 aromatic heterocycles. The minimum atomic E-state index is -0.893. The summed E-state index contributed by atoms with van der Waals surface area (Å²) in [6.45, 7) is -0.186. The predicted octanol–water partition coefficient (Wildman–Crippen LogP) is 1.33. The van der Waals surface area contributed by atoms with Crippen LogP contribution in [-0.4, -0.2) is 46.0 Å². The van der Waals surface area contributed by atoms with E-state index in [1.165, 1.54) is 23.1 Å². The van der Waals surface area contributed by atoms with E-state index in [1.807, 2.05) is 6.07 Å². The molecule has 0 aliphatic carbocycles. The fourth-order valence-electron chi connectivity index (χ4n) is 1.63. The van der Waals surface area contributed by atoms with E-state index in [9.17, 15) is 9.90 Å². The summed E-state index contributed by atoms with van der Waals surface area (Å²) in [6.07, 6.45) is -0.893. The lowest BCUT2D eigenvalue weighted by molar-refractivity contribution is -0.129. The molecule has 2 heterocycles. The molecule has 0 bridgehead atoms. The number of hydrogen-bond donors (Lipinski definition) is 2. The Morgan fingerprint density at radius 1 is 1.59 bits per heavy atom. The van der Waals surface area contributed by atoms with Crippen LogP contribution in [0, 0.1) is 0 Å². The Morgan fingerprint density at radius 3 is 2.94 bits per heavy atom. The van der Waals surface area contributed by atoms with Crippen LogP contribution in [0.15, 0.2) is 12.1 Å². The maximum absolute atomic E-state index is 11.7. The first kappa shape index (κ1) is 13.2. The van der Waals surface area contributed by atoms with E-state index in [0.29, 0.717) is 10.1 Å². The average Bonchev–Trinajstić information content (AvgIpc) is 2.87. The lowest BCUT2D eigenvalue weighted by Crippen LogP contribution is -2.36. The average molecular weight is 294 g/mol. The molecule has 17 heavy (non-hydrogen) atoms. The number of amides is 1. The molecule has 2 atom stereocenters. The molecule has 2 unspecified atom stereocenters. The molecule has 4 nitrogen and oxygen atoms in total. The van der Waals surface area contributed by atoms with Gasteiger partial charge in [0.1, 0.15) is 5.37 Å². The normalized spacial score (nSPS) is 22.2. The Bertz CT molecular complexity index is 412. The highest BCUT2D eigenvalue weighted by Crippen LogP contribution is 2.42. The second kappa shape index (κ2) is 5.58. The van der Waals surface area contributed by atoms with Crippen LogP contribution in [0.5, 0.6) is 0 Å². The van der Waals surface area contributed by atoms with Crippen LogP contribution in [-0.2, 0) is 4.79 Å². The molecule has 1 aliphatic heterocycles. The Kier molecular flexibility index (Phi) is 4.32. The van der Waals surface area contributed by atoms with Gasteiger partial charge in [-0.3, -0.25) is 4.79 Å². The number of thioether (sulfide) groups is 1. The summed E-state index contributed by atoms with van der Waals surface area (Å²) in [4.78, 5) is 14.3. The van der Waals surface area contributed by atoms with Crippen molar-refractivity contribution in [2.24, 2.45) is 0 Å². The van der Waals surface area contributed by atoms with Crippen LogP contribution in [0.3, 0.4) is 0 Å². The Morgan fingerprint density at radius 2 is 2.35 bits per heavy atom. The number of aliphatic hydroxyl groups is 2.